The Bertz CT molecular complexity index is 509. The zero-order valence-electron chi connectivity index (χ0n) is 10.6. The molecule has 1 atom stereocenters. The van der Waals surface area contributed by atoms with Crippen LogP contribution in [0.2, 0.25) is 0 Å². The molecule has 2 aromatic heterocycles. The standard InChI is InChI=1S/C13H17BrN4/c1-3-18-9-10(6-17-18)4-13(15-2)11-5-12(14)8-16-7-11/h5-9,13,15H,3-4H2,1-2H3. The van der Waals surface area contributed by atoms with Crippen LogP contribution in [0.15, 0.2) is 35.3 Å². The van der Waals surface area contributed by atoms with Gasteiger partial charge in [-0.3, -0.25) is 9.67 Å². The molecule has 0 fully saturated rings. The number of nitrogens with one attached hydrogen (secondary N) is 1. The van der Waals surface area contributed by atoms with Crippen LogP contribution in [0.3, 0.4) is 0 Å². The first-order chi connectivity index (χ1) is 8.72. The van der Waals surface area contributed by atoms with Gasteiger partial charge in [-0.05, 0) is 53.5 Å². The van der Waals surface area contributed by atoms with E-state index in [1.54, 1.807) is 6.20 Å². The van der Waals surface area contributed by atoms with Crippen LogP contribution in [-0.4, -0.2) is 21.8 Å². The Balaban J connectivity index is 2.14. The van der Waals surface area contributed by atoms with Gasteiger partial charge in [0.05, 0.1) is 6.20 Å². The molecule has 4 nitrogen and oxygen atoms in total. The van der Waals surface area contributed by atoms with E-state index >= 15 is 0 Å². The summed E-state index contributed by atoms with van der Waals surface area (Å²) in [5.74, 6) is 0. The fourth-order valence-corrected chi connectivity index (χ4v) is 2.31. The minimum absolute atomic E-state index is 0.254. The predicted octanol–water partition coefficient (Wildman–Crippen LogP) is 2.56. The van der Waals surface area contributed by atoms with Crippen molar-refractivity contribution in [3.05, 3.63) is 46.5 Å². The first kappa shape index (κ1) is 13.2. The molecule has 0 aliphatic carbocycles. The van der Waals surface area contributed by atoms with Crippen molar-refractivity contribution < 1.29 is 0 Å². The average molecular weight is 309 g/mol. The molecule has 5 heteroatoms. The number of nitrogens with zero attached hydrogens (tertiary/aromatic N) is 3. The smallest absolute Gasteiger partial charge is 0.0522 e. The summed E-state index contributed by atoms with van der Waals surface area (Å²) in [6.07, 6.45) is 8.63. The molecule has 0 aromatic carbocycles. The van der Waals surface area contributed by atoms with Gasteiger partial charge in [0.25, 0.3) is 0 Å². The first-order valence-electron chi connectivity index (χ1n) is 6.02. The topological polar surface area (TPSA) is 42.7 Å². The summed E-state index contributed by atoms with van der Waals surface area (Å²) in [5, 5.41) is 7.62. The van der Waals surface area contributed by atoms with Crippen molar-refractivity contribution >= 4 is 15.9 Å². The summed E-state index contributed by atoms with van der Waals surface area (Å²) >= 11 is 3.45. The van der Waals surface area contributed by atoms with Crippen LogP contribution in [0.1, 0.15) is 24.1 Å². The second-order valence-corrected chi connectivity index (χ2v) is 5.10. The summed E-state index contributed by atoms with van der Waals surface area (Å²) in [4.78, 5) is 4.21. The lowest BCUT2D eigenvalue weighted by molar-refractivity contribution is 0.588. The molecule has 0 saturated heterocycles. The summed E-state index contributed by atoms with van der Waals surface area (Å²) in [5.41, 5.74) is 2.41. The normalized spacial score (nSPS) is 12.6. The molecule has 2 heterocycles. The molecule has 96 valence electrons. The number of likely N-dealkylation sites (N-methyl/N-ethyl adjacent to an activating group) is 1. The zero-order valence-corrected chi connectivity index (χ0v) is 12.2. The molecule has 0 amide bonds. The number of hydrogen-bond acceptors (Lipinski definition) is 3. The second-order valence-electron chi connectivity index (χ2n) is 4.19. The molecular weight excluding hydrogens is 292 g/mol. The minimum atomic E-state index is 0.254. The van der Waals surface area contributed by atoms with Gasteiger partial charge in [-0.1, -0.05) is 0 Å². The second kappa shape index (κ2) is 6.11. The third-order valence-electron chi connectivity index (χ3n) is 2.93. The molecular formula is C13H17BrN4. The van der Waals surface area contributed by atoms with E-state index in [1.165, 1.54) is 11.1 Å². The van der Waals surface area contributed by atoms with Gasteiger partial charge < -0.3 is 5.32 Å². The molecule has 0 aliphatic heterocycles. The number of rotatable bonds is 5. The molecule has 0 saturated carbocycles. The van der Waals surface area contributed by atoms with Crippen molar-refractivity contribution in [2.24, 2.45) is 0 Å². The van der Waals surface area contributed by atoms with Gasteiger partial charge in [0.15, 0.2) is 0 Å². The van der Waals surface area contributed by atoms with Crippen LogP contribution in [0.25, 0.3) is 0 Å². The van der Waals surface area contributed by atoms with E-state index in [9.17, 15) is 0 Å². The summed E-state index contributed by atoms with van der Waals surface area (Å²) in [6.45, 7) is 2.99. The van der Waals surface area contributed by atoms with Gasteiger partial charge in [0, 0.05) is 35.6 Å². The van der Waals surface area contributed by atoms with Crippen LogP contribution in [0, 0.1) is 0 Å². The summed E-state index contributed by atoms with van der Waals surface area (Å²) in [6, 6.07) is 2.35. The molecule has 1 unspecified atom stereocenters. The molecule has 1 N–H and O–H groups in total. The van der Waals surface area contributed by atoms with Gasteiger partial charge >= 0.3 is 0 Å². The third kappa shape index (κ3) is 3.17. The third-order valence-corrected chi connectivity index (χ3v) is 3.36. The zero-order chi connectivity index (χ0) is 13.0. The molecule has 0 aliphatic rings. The van der Waals surface area contributed by atoms with Crippen molar-refractivity contribution in [3.8, 4) is 0 Å². The van der Waals surface area contributed by atoms with E-state index in [4.69, 9.17) is 0 Å². The Morgan fingerprint density at radius 2 is 2.22 bits per heavy atom. The molecule has 0 spiro atoms. The number of aryl methyl sites for hydroxylation is 1. The fraction of sp³-hybridized carbons (Fsp3) is 0.385. The van der Waals surface area contributed by atoms with Crippen LogP contribution < -0.4 is 5.32 Å². The molecule has 2 rings (SSSR count). The lowest BCUT2D eigenvalue weighted by Crippen LogP contribution is -2.18. The maximum atomic E-state index is 4.30. The molecule has 0 radical (unpaired) electrons. The summed E-state index contributed by atoms with van der Waals surface area (Å²) in [7, 11) is 1.97. The number of halogens is 1. The van der Waals surface area contributed by atoms with Gasteiger partial charge in [-0.25, -0.2) is 0 Å². The van der Waals surface area contributed by atoms with E-state index < -0.39 is 0 Å². The monoisotopic (exact) mass is 308 g/mol. The highest BCUT2D eigenvalue weighted by Crippen LogP contribution is 2.20. The van der Waals surface area contributed by atoms with E-state index in [1.807, 2.05) is 24.1 Å². The van der Waals surface area contributed by atoms with Crippen molar-refractivity contribution in [2.75, 3.05) is 7.05 Å². The number of hydrogen-bond donors (Lipinski definition) is 1. The van der Waals surface area contributed by atoms with E-state index in [2.05, 4.69) is 50.5 Å². The van der Waals surface area contributed by atoms with E-state index in [-0.39, 0.29) is 6.04 Å². The Hall–Kier alpha value is -1.20. The van der Waals surface area contributed by atoms with Crippen LogP contribution in [0.5, 0.6) is 0 Å². The lowest BCUT2D eigenvalue weighted by Gasteiger charge is -2.15. The highest BCUT2D eigenvalue weighted by atomic mass is 79.9. The largest absolute Gasteiger partial charge is 0.313 e. The maximum Gasteiger partial charge on any atom is 0.0522 e. The first-order valence-corrected chi connectivity index (χ1v) is 6.81. The van der Waals surface area contributed by atoms with Crippen LogP contribution >= 0.6 is 15.9 Å². The Morgan fingerprint density at radius 3 is 2.83 bits per heavy atom. The minimum Gasteiger partial charge on any atom is -0.313 e. The maximum absolute atomic E-state index is 4.30. The molecule has 2 aromatic rings. The highest BCUT2D eigenvalue weighted by molar-refractivity contribution is 9.10. The van der Waals surface area contributed by atoms with Gasteiger partial charge in [-0.15, -0.1) is 0 Å². The van der Waals surface area contributed by atoms with Gasteiger partial charge in [0.2, 0.25) is 0 Å². The van der Waals surface area contributed by atoms with Crippen molar-refractivity contribution in [1.82, 2.24) is 20.1 Å². The quantitative estimate of drug-likeness (QED) is 0.923. The number of aromatic nitrogens is 3. The van der Waals surface area contributed by atoms with Gasteiger partial charge in [0.1, 0.15) is 0 Å². The molecule has 0 bridgehead atoms. The summed E-state index contributed by atoms with van der Waals surface area (Å²) < 4.78 is 2.95. The lowest BCUT2D eigenvalue weighted by atomic mass is 10.0. The van der Waals surface area contributed by atoms with E-state index in [0.29, 0.717) is 0 Å². The number of pyridine rings is 1. The van der Waals surface area contributed by atoms with Crippen LogP contribution in [-0.2, 0) is 13.0 Å². The fourth-order valence-electron chi connectivity index (χ4n) is 1.93. The van der Waals surface area contributed by atoms with Crippen molar-refractivity contribution in [1.29, 1.82) is 0 Å². The van der Waals surface area contributed by atoms with Gasteiger partial charge in [-0.2, -0.15) is 5.10 Å². The Kier molecular flexibility index (Phi) is 4.49. The Morgan fingerprint density at radius 1 is 1.39 bits per heavy atom. The highest BCUT2D eigenvalue weighted by Gasteiger charge is 2.12. The van der Waals surface area contributed by atoms with Crippen molar-refractivity contribution in [3.63, 3.8) is 0 Å². The predicted molar refractivity (Wildman–Crippen MR) is 75.3 cm³/mol. The van der Waals surface area contributed by atoms with Crippen LogP contribution in [0.4, 0.5) is 0 Å². The molecule has 18 heavy (non-hydrogen) atoms. The average Bonchev–Trinajstić information content (AvgIpc) is 2.83. The Labute approximate surface area is 116 Å². The van der Waals surface area contributed by atoms with Crippen molar-refractivity contribution in [2.45, 2.75) is 25.9 Å². The van der Waals surface area contributed by atoms with E-state index in [0.717, 1.165) is 17.4 Å². The SMILES string of the molecule is CCn1cc(CC(NC)c2cncc(Br)c2)cn1.